The first-order valence-corrected chi connectivity index (χ1v) is 8.79. The van der Waals surface area contributed by atoms with Crippen LogP contribution in [-0.4, -0.2) is 17.9 Å². The third-order valence-electron chi connectivity index (χ3n) is 3.95. The highest BCUT2D eigenvalue weighted by molar-refractivity contribution is 6.31. The first-order valence-electron chi connectivity index (χ1n) is 8.41. The number of rotatable bonds is 3. The number of fused-ring (bicyclic) bond motifs is 1. The number of benzene rings is 3. The molecule has 0 atom stereocenters. The minimum Gasteiger partial charge on any atom is -0.246 e. The summed E-state index contributed by atoms with van der Waals surface area (Å²) < 4.78 is 0. The lowest BCUT2D eigenvalue weighted by molar-refractivity contribution is 0.906. The zero-order chi connectivity index (χ0) is 18.5. The van der Waals surface area contributed by atoms with Gasteiger partial charge in [0.1, 0.15) is 5.71 Å². The fourth-order valence-corrected chi connectivity index (χ4v) is 2.86. The summed E-state index contributed by atoms with van der Waals surface area (Å²) in [5.74, 6) is 0.427. The molecule has 0 aliphatic carbocycles. The number of hydrogen-bond acceptors (Lipinski definition) is 5. The lowest BCUT2D eigenvalue weighted by Crippen LogP contribution is -2.30. The molecule has 0 aromatic heterocycles. The van der Waals surface area contributed by atoms with E-state index in [0.717, 1.165) is 28.1 Å². The molecule has 0 spiro atoms. The van der Waals surface area contributed by atoms with Crippen molar-refractivity contribution in [3.8, 4) is 0 Å². The highest BCUT2D eigenvalue weighted by Crippen LogP contribution is 2.27. The Balaban J connectivity index is 1.65. The Morgan fingerprint density at radius 3 is 2.44 bits per heavy atom. The predicted octanol–water partition coefficient (Wildman–Crippen LogP) is 4.31. The summed E-state index contributed by atoms with van der Waals surface area (Å²) in [6.45, 7) is 0. The van der Waals surface area contributed by atoms with Crippen LogP contribution in [0.4, 0.5) is 5.69 Å². The average Bonchev–Trinajstić information content (AvgIpc) is 2.88. The molecule has 0 saturated heterocycles. The predicted molar refractivity (Wildman–Crippen MR) is 111 cm³/mol. The zero-order valence-electron chi connectivity index (χ0n) is 14.3. The van der Waals surface area contributed by atoms with Crippen molar-refractivity contribution in [1.82, 2.24) is 10.9 Å². The van der Waals surface area contributed by atoms with Crippen molar-refractivity contribution in [2.45, 2.75) is 0 Å². The molecule has 3 aromatic rings. The van der Waals surface area contributed by atoms with Crippen molar-refractivity contribution in [2.75, 3.05) is 0 Å². The number of guanidine groups is 1. The summed E-state index contributed by atoms with van der Waals surface area (Å²) in [5, 5.41) is 9.39. The lowest BCUT2D eigenvalue weighted by atomic mass is 10.0. The number of hydrazone groups is 2. The third kappa shape index (κ3) is 4.04. The van der Waals surface area contributed by atoms with E-state index in [1.807, 2.05) is 78.9 Å². The molecule has 0 unspecified atom stereocenters. The number of nitrogens with one attached hydrogen (secondary N) is 2. The van der Waals surface area contributed by atoms with Crippen LogP contribution in [0.3, 0.4) is 0 Å². The Bertz CT molecular complexity index is 1030. The van der Waals surface area contributed by atoms with Gasteiger partial charge in [0, 0.05) is 16.1 Å². The van der Waals surface area contributed by atoms with Crippen LogP contribution in [0.1, 0.15) is 16.7 Å². The molecule has 3 aromatic carbocycles. The van der Waals surface area contributed by atoms with Gasteiger partial charge in [-0.15, -0.1) is 0 Å². The van der Waals surface area contributed by atoms with Gasteiger partial charge >= 0.3 is 0 Å². The molecule has 0 saturated carbocycles. The van der Waals surface area contributed by atoms with Crippen molar-refractivity contribution in [1.29, 1.82) is 0 Å². The highest BCUT2D eigenvalue weighted by atomic mass is 35.5. The number of aliphatic imine (C=N–C) groups is 1. The molecular weight excluding hydrogens is 358 g/mol. The fraction of sp³-hybridized carbons (Fsp3) is 0. The minimum absolute atomic E-state index is 0.427. The number of nitrogens with zero attached hydrogens (tertiary/aromatic N) is 3. The second-order valence-corrected chi connectivity index (χ2v) is 6.28. The van der Waals surface area contributed by atoms with Crippen LogP contribution in [0.2, 0.25) is 5.02 Å². The Kier molecular flexibility index (Phi) is 4.94. The van der Waals surface area contributed by atoms with Crippen LogP contribution in [0.5, 0.6) is 0 Å². The van der Waals surface area contributed by atoms with E-state index in [1.54, 1.807) is 6.21 Å². The molecule has 1 aliphatic rings. The Morgan fingerprint density at radius 2 is 1.67 bits per heavy atom. The van der Waals surface area contributed by atoms with Gasteiger partial charge in [-0.25, -0.2) is 15.8 Å². The van der Waals surface area contributed by atoms with Crippen LogP contribution in [-0.2, 0) is 0 Å². The summed E-state index contributed by atoms with van der Waals surface area (Å²) in [4.78, 5) is 4.59. The van der Waals surface area contributed by atoms with Gasteiger partial charge in [-0.1, -0.05) is 72.3 Å². The molecule has 0 bridgehead atoms. The van der Waals surface area contributed by atoms with Crippen LogP contribution < -0.4 is 10.9 Å². The van der Waals surface area contributed by atoms with Gasteiger partial charge < -0.3 is 0 Å². The summed E-state index contributed by atoms with van der Waals surface area (Å²) in [5.41, 5.74) is 10.2. The van der Waals surface area contributed by atoms with E-state index < -0.39 is 0 Å². The molecule has 4 rings (SSSR count). The van der Waals surface area contributed by atoms with Crippen LogP contribution in [0.25, 0.3) is 0 Å². The summed E-state index contributed by atoms with van der Waals surface area (Å²) in [6.07, 6.45) is 1.72. The molecule has 132 valence electrons. The normalized spacial score (nSPS) is 13.2. The van der Waals surface area contributed by atoms with Gasteiger partial charge in [-0.3, -0.25) is 0 Å². The zero-order valence-corrected chi connectivity index (χ0v) is 15.1. The molecule has 27 heavy (non-hydrogen) atoms. The smallest absolute Gasteiger partial charge is 0.238 e. The van der Waals surface area contributed by atoms with Gasteiger partial charge in [0.15, 0.2) is 0 Å². The van der Waals surface area contributed by atoms with E-state index in [2.05, 4.69) is 26.0 Å². The van der Waals surface area contributed by atoms with E-state index in [1.165, 1.54) is 0 Å². The Hall–Kier alpha value is -3.44. The van der Waals surface area contributed by atoms with Gasteiger partial charge in [0.2, 0.25) is 5.96 Å². The van der Waals surface area contributed by atoms with Crippen molar-refractivity contribution in [3.63, 3.8) is 0 Å². The van der Waals surface area contributed by atoms with E-state index in [-0.39, 0.29) is 0 Å². The second kappa shape index (κ2) is 7.85. The van der Waals surface area contributed by atoms with E-state index in [0.29, 0.717) is 11.0 Å². The molecule has 5 nitrogen and oxygen atoms in total. The van der Waals surface area contributed by atoms with E-state index in [9.17, 15) is 0 Å². The van der Waals surface area contributed by atoms with E-state index >= 15 is 0 Å². The molecule has 2 N–H and O–H groups in total. The molecular formula is C21H16ClN5. The van der Waals surface area contributed by atoms with Crippen molar-refractivity contribution < 1.29 is 0 Å². The fourth-order valence-electron chi connectivity index (χ4n) is 2.68. The molecule has 0 fully saturated rings. The number of halogens is 1. The minimum atomic E-state index is 0.427. The summed E-state index contributed by atoms with van der Waals surface area (Å²) in [6, 6.07) is 25.3. The lowest BCUT2D eigenvalue weighted by Gasteiger charge is -2.07. The molecule has 1 aliphatic heterocycles. The topological polar surface area (TPSA) is 61.1 Å². The maximum atomic E-state index is 6.21. The number of hydrogen-bond donors (Lipinski definition) is 2. The summed E-state index contributed by atoms with van der Waals surface area (Å²) in [7, 11) is 0. The maximum Gasteiger partial charge on any atom is 0.238 e. The second-order valence-electron chi connectivity index (χ2n) is 5.84. The van der Waals surface area contributed by atoms with Gasteiger partial charge in [0.25, 0.3) is 0 Å². The summed E-state index contributed by atoms with van der Waals surface area (Å²) >= 11 is 6.21. The first kappa shape index (κ1) is 17.0. The van der Waals surface area contributed by atoms with Crippen molar-refractivity contribution in [3.05, 3.63) is 101 Å². The Morgan fingerprint density at radius 1 is 0.926 bits per heavy atom. The molecule has 0 radical (unpaired) electrons. The van der Waals surface area contributed by atoms with E-state index in [4.69, 9.17) is 11.6 Å². The standard InChI is InChI=1S/C21H16ClN5/c22-17-11-12-19-18(13-17)20(16-9-5-2-6-10-16)25-27-21(24-19)26-23-14-15-7-3-1-4-8-15/h1-14H,(H2,24,26,27)/b23-14+. The largest absolute Gasteiger partial charge is 0.246 e. The average molecular weight is 374 g/mol. The van der Waals surface area contributed by atoms with Crippen LogP contribution >= 0.6 is 11.6 Å². The van der Waals surface area contributed by atoms with Gasteiger partial charge in [-0.05, 0) is 23.8 Å². The monoisotopic (exact) mass is 373 g/mol. The Labute approximate surface area is 162 Å². The molecule has 6 heteroatoms. The highest BCUT2D eigenvalue weighted by Gasteiger charge is 2.16. The molecule has 1 heterocycles. The van der Waals surface area contributed by atoms with Gasteiger partial charge in [0.05, 0.1) is 11.9 Å². The maximum absolute atomic E-state index is 6.21. The van der Waals surface area contributed by atoms with Crippen molar-refractivity contribution >= 4 is 35.2 Å². The van der Waals surface area contributed by atoms with Crippen molar-refractivity contribution in [2.24, 2.45) is 15.2 Å². The first-order chi connectivity index (χ1) is 13.3. The van der Waals surface area contributed by atoms with Gasteiger partial charge in [-0.2, -0.15) is 10.2 Å². The van der Waals surface area contributed by atoms with Crippen LogP contribution in [0, 0.1) is 0 Å². The SMILES string of the molecule is Clc1ccc2c(c1)C(c1ccccc1)=NNC(N/N=C/c1ccccc1)=N2. The molecule has 0 amide bonds. The van der Waals surface area contributed by atoms with Crippen LogP contribution in [0.15, 0.2) is 94.1 Å². The third-order valence-corrected chi connectivity index (χ3v) is 4.19. The quantitative estimate of drug-likeness (QED) is 0.531.